The topological polar surface area (TPSA) is 0 Å². The first kappa shape index (κ1) is 13.3. The number of hydrogen-bond donors (Lipinski definition) is 0. The zero-order chi connectivity index (χ0) is 12.1. The Bertz CT molecular complexity index is 405. The predicted molar refractivity (Wildman–Crippen MR) is 85.6 cm³/mol. The summed E-state index contributed by atoms with van der Waals surface area (Å²) in [7, 11) is -0.342. The summed E-state index contributed by atoms with van der Waals surface area (Å²) in [6.07, 6.45) is 0. The van der Waals surface area contributed by atoms with Gasteiger partial charge in [-0.3, -0.25) is 0 Å². The van der Waals surface area contributed by atoms with E-state index >= 15 is 0 Å². The Labute approximate surface area is 120 Å². The Morgan fingerprint density at radius 3 is 1.59 bits per heavy atom. The smallest absolute Gasteiger partial charge is 0.0523 e. The third kappa shape index (κ3) is 3.40. The molecule has 0 spiro atoms. The normalized spacial score (nSPS) is 12.6. The summed E-state index contributed by atoms with van der Waals surface area (Å²) in [5, 5.41) is 3.78. The van der Waals surface area contributed by atoms with Crippen LogP contribution in [0.2, 0.25) is 0 Å². The minimum Gasteiger partial charge on any atom is -0.0912 e. The van der Waals surface area contributed by atoms with Crippen molar-refractivity contribution in [1.29, 1.82) is 0 Å². The molecule has 0 aromatic heterocycles. The molecule has 0 amide bonds. The zero-order valence-electron chi connectivity index (χ0n) is 9.26. The van der Waals surface area contributed by atoms with Crippen molar-refractivity contribution in [3.05, 3.63) is 60.7 Å². The third-order valence-corrected chi connectivity index (χ3v) is 8.50. The van der Waals surface area contributed by atoms with Crippen LogP contribution < -0.4 is 10.6 Å². The second-order valence-corrected chi connectivity index (χ2v) is 8.49. The molecular weight excluding hydrogens is 359 g/mol. The molecule has 17 heavy (non-hydrogen) atoms. The van der Waals surface area contributed by atoms with E-state index in [1.807, 2.05) is 0 Å². The summed E-state index contributed by atoms with van der Waals surface area (Å²) >= 11 is 7.38. The number of halogens is 2. The van der Waals surface area contributed by atoms with Crippen molar-refractivity contribution in [2.75, 3.05) is 5.33 Å². The third-order valence-electron chi connectivity index (χ3n) is 2.48. The summed E-state index contributed by atoms with van der Waals surface area (Å²) in [4.78, 5) is 0. The van der Waals surface area contributed by atoms with Gasteiger partial charge in [0.2, 0.25) is 0 Å². The minimum absolute atomic E-state index is 0.342. The van der Waals surface area contributed by atoms with E-state index in [0.717, 1.165) is 5.33 Å². The maximum absolute atomic E-state index is 3.80. The van der Waals surface area contributed by atoms with E-state index in [1.165, 1.54) is 10.6 Å². The molecule has 0 nitrogen and oxygen atoms in total. The number of benzene rings is 2. The highest BCUT2D eigenvalue weighted by atomic mass is 79.9. The molecule has 0 aliphatic heterocycles. The highest BCUT2D eigenvalue weighted by Gasteiger charge is 2.20. The van der Waals surface area contributed by atoms with Gasteiger partial charge in [0.05, 0.1) is 4.57 Å². The van der Waals surface area contributed by atoms with Crippen LogP contribution in [0, 0.1) is 0 Å². The Hall–Kier alpha value is -0.170. The lowest BCUT2D eigenvalue weighted by Gasteiger charge is -2.22. The molecule has 0 bridgehead atoms. The molecule has 0 heterocycles. The van der Waals surface area contributed by atoms with Crippen LogP contribution >= 0.6 is 39.8 Å². The molecule has 1 unspecified atom stereocenters. The van der Waals surface area contributed by atoms with Crippen molar-refractivity contribution in [1.82, 2.24) is 0 Å². The highest BCUT2D eigenvalue weighted by Crippen LogP contribution is 2.43. The van der Waals surface area contributed by atoms with E-state index in [2.05, 4.69) is 92.5 Å². The van der Waals surface area contributed by atoms with Crippen molar-refractivity contribution in [2.24, 2.45) is 0 Å². The van der Waals surface area contributed by atoms with Crippen LogP contribution in [0.25, 0.3) is 0 Å². The fraction of sp³-hybridized carbons (Fsp3) is 0.143. The van der Waals surface area contributed by atoms with E-state index in [0.29, 0.717) is 4.57 Å². The molecule has 1 atom stereocenters. The van der Waals surface area contributed by atoms with Crippen LogP contribution in [0.3, 0.4) is 0 Å². The van der Waals surface area contributed by atoms with Gasteiger partial charge in [0, 0.05) is 5.33 Å². The van der Waals surface area contributed by atoms with Crippen LogP contribution in [-0.4, -0.2) is 9.90 Å². The first-order chi connectivity index (χ1) is 8.33. The summed E-state index contributed by atoms with van der Waals surface area (Å²) in [5.41, 5.74) is 0. The van der Waals surface area contributed by atoms with Crippen LogP contribution in [0.1, 0.15) is 0 Å². The fourth-order valence-electron chi connectivity index (χ4n) is 1.72. The van der Waals surface area contributed by atoms with Crippen LogP contribution in [0.15, 0.2) is 60.7 Å². The zero-order valence-corrected chi connectivity index (χ0v) is 13.3. The van der Waals surface area contributed by atoms with E-state index in [1.54, 1.807) is 0 Å². The van der Waals surface area contributed by atoms with E-state index in [9.17, 15) is 0 Å². The molecule has 2 rings (SSSR count). The van der Waals surface area contributed by atoms with Gasteiger partial charge in [-0.15, -0.1) is 0 Å². The van der Waals surface area contributed by atoms with Crippen molar-refractivity contribution in [2.45, 2.75) is 4.57 Å². The predicted octanol–water partition coefficient (Wildman–Crippen LogP) is 4.24. The molecule has 0 saturated heterocycles. The molecule has 0 aliphatic rings. The van der Waals surface area contributed by atoms with Gasteiger partial charge in [0.1, 0.15) is 0 Å². The average Bonchev–Trinajstić information content (AvgIpc) is 2.41. The number of rotatable bonds is 4. The van der Waals surface area contributed by atoms with E-state index < -0.39 is 0 Å². The molecule has 0 aliphatic carbocycles. The minimum atomic E-state index is -0.342. The fourth-order valence-corrected chi connectivity index (χ4v) is 6.08. The van der Waals surface area contributed by atoms with Crippen molar-refractivity contribution >= 4 is 50.4 Å². The average molecular weight is 372 g/mol. The lowest BCUT2D eigenvalue weighted by molar-refractivity contribution is 1.48. The molecular formula is C14H13Br2P. The van der Waals surface area contributed by atoms with Gasteiger partial charge in [-0.05, 0) is 18.5 Å². The number of hydrogen-bond acceptors (Lipinski definition) is 0. The quantitative estimate of drug-likeness (QED) is 0.557. The molecule has 2 aromatic rings. The van der Waals surface area contributed by atoms with Crippen LogP contribution in [0.4, 0.5) is 0 Å². The highest BCUT2D eigenvalue weighted by molar-refractivity contribution is 9.13. The Balaban J connectivity index is 2.39. The molecule has 3 heteroatoms. The van der Waals surface area contributed by atoms with Gasteiger partial charge in [0.15, 0.2) is 0 Å². The Morgan fingerprint density at radius 2 is 1.24 bits per heavy atom. The van der Waals surface area contributed by atoms with Crippen LogP contribution in [0.5, 0.6) is 0 Å². The standard InChI is InChI=1S/C14H13Br2P/c15-11-14(16)17(12-7-3-1-4-8-12)13-9-5-2-6-10-13/h1-10,14H,11H2. The van der Waals surface area contributed by atoms with Gasteiger partial charge in [-0.25, -0.2) is 0 Å². The van der Waals surface area contributed by atoms with E-state index in [4.69, 9.17) is 0 Å². The molecule has 0 saturated carbocycles. The Morgan fingerprint density at radius 1 is 0.824 bits per heavy atom. The van der Waals surface area contributed by atoms with Crippen molar-refractivity contribution in [3.63, 3.8) is 0 Å². The van der Waals surface area contributed by atoms with Crippen molar-refractivity contribution < 1.29 is 0 Å². The first-order valence-electron chi connectivity index (χ1n) is 5.42. The maximum Gasteiger partial charge on any atom is 0.0523 e. The monoisotopic (exact) mass is 370 g/mol. The summed E-state index contributed by atoms with van der Waals surface area (Å²) < 4.78 is 0.460. The summed E-state index contributed by atoms with van der Waals surface area (Å²) in [6, 6.07) is 21.5. The van der Waals surface area contributed by atoms with Gasteiger partial charge in [0.25, 0.3) is 0 Å². The second-order valence-electron chi connectivity index (χ2n) is 3.63. The lowest BCUT2D eigenvalue weighted by atomic mass is 10.4. The van der Waals surface area contributed by atoms with Gasteiger partial charge in [-0.1, -0.05) is 92.5 Å². The Kier molecular flexibility index (Phi) is 5.21. The van der Waals surface area contributed by atoms with Crippen LogP contribution in [-0.2, 0) is 0 Å². The largest absolute Gasteiger partial charge is 0.0912 e. The molecule has 0 N–H and O–H groups in total. The van der Waals surface area contributed by atoms with Gasteiger partial charge < -0.3 is 0 Å². The van der Waals surface area contributed by atoms with E-state index in [-0.39, 0.29) is 7.92 Å². The lowest BCUT2D eigenvalue weighted by Crippen LogP contribution is -2.18. The molecule has 0 fully saturated rings. The molecule has 2 aromatic carbocycles. The number of alkyl halides is 2. The molecule has 88 valence electrons. The summed E-state index contributed by atoms with van der Waals surface area (Å²) in [5.74, 6) is 0. The maximum atomic E-state index is 3.80. The SMILES string of the molecule is BrCC(Br)P(c1ccccc1)c1ccccc1. The van der Waals surface area contributed by atoms with Gasteiger partial charge >= 0.3 is 0 Å². The van der Waals surface area contributed by atoms with Crippen molar-refractivity contribution in [3.8, 4) is 0 Å². The van der Waals surface area contributed by atoms with Gasteiger partial charge in [-0.2, -0.15) is 0 Å². The molecule has 0 radical (unpaired) electrons. The summed E-state index contributed by atoms with van der Waals surface area (Å²) in [6.45, 7) is 0. The second kappa shape index (κ2) is 6.68. The first-order valence-corrected chi connectivity index (χ1v) is 8.87.